The van der Waals surface area contributed by atoms with Gasteiger partial charge in [-0.25, -0.2) is 15.0 Å². The molecule has 0 fully saturated rings. The second kappa shape index (κ2) is 21.0. The Hall–Kier alpha value is -4.31. The summed E-state index contributed by atoms with van der Waals surface area (Å²) in [5.41, 5.74) is 13.2. The van der Waals surface area contributed by atoms with Crippen molar-refractivity contribution in [2.75, 3.05) is 0 Å². The summed E-state index contributed by atoms with van der Waals surface area (Å²) in [5, 5.41) is 0. The summed E-state index contributed by atoms with van der Waals surface area (Å²) < 4.78 is 0. The molecule has 1 aliphatic carbocycles. The van der Waals surface area contributed by atoms with Crippen LogP contribution in [0, 0.1) is 6.07 Å². The number of pyridine rings is 1. The standard InChI is InChI=1S/C55H65N4.Ir/c1-7-10-12-14-16-21-35-55(36-22-17-15-13-11-8-2)48-37-40(9-3)25-32-46(48)47-33-30-44(38-49(47)55)50-34-31-45(39-56-50)52-57-51(58-53(59-52)54(4,5)6)43-28-26-42(27-29-43)41-23-19-18-20-24-41;/h18-20,23-29,31-34,37-39H,7-17,21-22,35-36H2,1-6H3;/q-1;. The Morgan fingerprint density at radius 1 is 0.550 bits per heavy atom. The van der Waals surface area contributed by atoms with Crippen LogP contribution < -0.4 is 0 Å². The van der Waals surface area contributed by atoms with Gasteiger partial charge in [0.25, 0.3) is 0 Å². The van der Waals surface area contributed by atoms with Crippen molar-refractivity contribution in [2.45, 2.75) is 149 Å². The first-order valence-corrected chi connectivity index (χ1v) is 22.8. The third kappa shape index (κ3) is 10.4. The topological polar surface area (TPSA) is 51.6 Å². The molecule has 0 amide bonds. The first-order valence-electron chi connectivity index (χ1n) is 22.8. The summed E-state index contributed by atoms with van der Waals surface area (Å²) >= 11 is 0. The van der Waals surface area contributed by atoms with E-state index in [2.05, 4.69) is 139 Å². The average molecular weight is 974 g/mol. The van der Waals surface area contributed by atoms with E-state index in [0.29, 0.717) is 11.6 Å². The molecule has 2 heterocycles. The van der Waals surface area contributed by atoms with Gasteiger partial charge < -0.3 is 4.98 Å². The number of hydrogen-bond acceptors (Lipinski definition) is 4. The van der Waals surface area contributed by atoms with Gasteiger partial charge >= 0.3 is 0 Å². The molecule has 0 N–H and O–H groups in total. The molecular weight excluding hydrogens is 909 g/mol. The minimum Gasteiger partial charge on any atom is -0.304 e. The number of benzene rings is 4. The second-order valence-electron chi connectivity index (χ2n) is 18.0. The van der Waals surface area contributed by atoms with Crippen LogP contribution in [0.25, 0.3) is 56.3 Å². The minimum atomic E-state index is -0.254. The Kier molecular flexibility index (Phi) is 15.8. The largest absolute Gasteiger partial charge is 0.304 e. The summed E-state index contributed by atoms with van der Waals surface area (Å²) in [6.07, 6.45) is 21.1. The summed E-state index contributed by atoms with van der Waals surface area (Å²) in [7, 11) is 0. The quantitative estimate of drug-likeness (QED) is 0.0599. The Morgan fingerprint density at radius 3 is 1.72 bits per heavy atom. The molecule has 0 aliphatic heterocycles. The third-order valence-electron chi connectivity index (χ3n) is 12.5. The zero-order valence-electron chi connectivity index (χ0n) is 37.0. The Balaban J connectivity index is 0.00000604. The van der Waals surface area contributed by atoms with Crippen molar-refractivity contribution < 1.29 is 20.1 Å². The molecule has 6 aromatic rings. The first kappa shape index (κ1) is 45.2. The molecule has 0 spiro atoms. The SMILES string of the molecule is CCCCCCCCC1(CCCCCCCC)c2cc(-c3ccc(-c4nc(-c5ccc(-c6ccccc6)cc5)nc(C(C)(C)C)n4)cn3)[c-]cc2-c2ccc(CC)cc21.[Ir]. The van der Waals surface area contributed by atoms with Gasteiger partial charge in [-0.15, -0.1) is 29.3 Å². The molecule has 2 aromatic heterocycles. The predicted octanol–water partition coefficient (Wildman–Crippen LogP) is 15.4. The van der Waals surface area contributed by atoms with E-state index < -0.39 is 0 Å². The van der Waals surface area contributed by atoms with Gasteiger partial charge in [-0.1, -0.05) is 215 Å². The van der Waals surface area contributed by atoms with Gasteiger partial charge in [0, 0.05) is 48.3 Å². The molecule has 1 aliphatic rings. The minimum absolute atomic E-state index is 0. The monoisotopic (exact) mass is 974 g/mol. The molecule has 315 valence electrons. The van der Waals surface area contributed by atoms with Crippen molar-refractivity contribution in [3.05, 3.63) is 132 Å². The summed E-state index contributed by atoms with van der Waals surface area (Å²) in [4.78, 5) is 20.1. The fourth-order valence-electron chi connectivity index (χ4n) is 9.02. The smallest absolute Gasteiger partial charge is 0.165 e. The van der Waals surface area contributed by atoms with E-state index in [1.807, 2.05) is 12.3 Å². The first-order chi connectivity index (χ1) is 28.7. The van der Waals surface area contributed by atoms with Crippen molar-refractivity contribution in [3.63, 3.8) is 0 Å². The Bertz CT molecular complexity index is 2260. The van der Waals surface area contributed by atoms with Gasteiger partial charge in [-0.05, 0) is 47.2 Å². The van der Waals surface area contributed by atoms with E-state index >= 15 is 0 Å². The van der Waals surface area contributed by atoms with E-state index in [1.165, 1.54) is 123 Å². The van der Waals surface area contributed by atoms with Crippen LogP contribution in [0.5, 0.6) is 0 Å². The predicted molar refractivity (Wildman–Crippen MR) is 248 cm³/mol. The van der Waals surface area contributed by atoms with E-state index in [0.717, 1.165) is 34.6 Å². The molecule has 60 heavy (non-hydrogen) atoms. The molecule has 4 nitrogen and oxygen atoms in total. The van der Waals surface area contributed by atoms with Crippen LogP contribution >= 0.6 is 0 Å². The summed E-state index contributed by atoms with van der Waals surface area (Å²) in [6.45, 7) is 13.4. The van der Waals surface area contributed by atoms with Gasteiger partial charge in [-0.2, -0.15) is 0 Å². The number of hydrogen-bond donors (Lipinski definition) is 0. The average Bonchev–Trinajstić information content (AvgIpc) is 3.53. The maximum absolute atomic E-state index is 5.09. The number of aromatic nitrogens is 4. The summed E-state index contributed by atoms with van der Waals surface area (Å²) in [5.74, 6) is 2.08. The fourth-order valence-corrected chi connectivity index (χ4v) is 9.02. The zero-order valence-corrected chi connectivity index (χ0v) is 39.4. The van der Waals surface area contributed by atoms with Crippen LogP contribution in [0.4, 0.5) is 0 Å². The molecule has 5 heteroatoms. The van der Waals surface area contributed by atoms with E-state index in [-0.39, 0.29) is 30.9 Å². The van der Waals surface area contributed by atoms with Crippen LogP contribution in [0.1, 0.15) is 154 Å². The molecule has 7 rings (SSSR count). The van der Waals surface area contributed by atoms with E-state index in [1.54, 1.807) is 5.56 Å². The number of unbranched alkanes of at least 4 members (excludes halogenated alkanes) is 10. The molecule has 0 unspecified atom stereocenters. The van der Waals surface area contributed by atoms with Crippen LogP contribution in [0.15, 0.2) is 103 Å². The Labute approximate surface area is 374 Å². The van der Waals surface area contributed by atoms with Gasteiger partial charge in [0.1, 0.15) is 5.82 Å². The van der Waals surface area contributed by atoms with Crippen LogP contribution in [0.3, 0.4) is 0 Å². The Morgan fingerprint density at radius 2 is 1.12 bits per heavy atom. The number of aryl methyl sites for hydroxylation is 1. The van der Waals surface area contributed by atoms with E-state index in [4.69, 9.17) is 19.9 Å². The molecule has 4 aromatic carbocycles. The van der Waals surface area contributed by atoms with Crippen LogP contribution in [-0.2, 0) is 37.4 Å². The molecule has 0 bridgehead atoms. The molecule has 1 radical (unpaired) electrons. The molecular formula is C55H65IrN4-. The zero-order chi connectivity index (χ0) is 41.2. The summed E-state index contributed by atoms with van der Waals surface area (Å²) in [6, 6.07) is 39.0. The molecule has 0 saturated carbocycles. The maximum Gasteiger partial charge on any atom is 0.165 e. The molecule has 0 saturated heterocycles. The number of rotatable bonds is 19. The van der Waals surface area contributed by atoms with Crippen molar-refractivity contribution in [3.8, 4) is 56.3 Å². The van der Waals surface area contributed by atoms with Crippen molar-refractivity contribution in [1.82, 2.24) is 19.9 Å². The second-order valence-corrected chi connectivity index (χ2v) is 18.0. The number of fused-ring (bicyclic) bond motifs is 3. The van der Waals surface area contributed by atoms with Crippen molar-refractivity contribution in [1.29, 1.82) is 0 Å². The van der Waals surface area contributed by atoms with Gasteiger partial charge in [0.2, 0.25) is 0 Å². The third-order valence-corrected chi connectivity index (χ3v) is 12.5. The van der Waals surface area contributed by atoms with Gasteiger partial charge in [-0.3, -0.25) is 0 Å². The van der Waals surface area contributed by atoms with Gasteiger partial charge in [0.15, 0.2) is 11.6 Å². The van der Waals surface area contributed by atoms with Crippen molar-refractivity contribution >= 4 is 0 Å². The van der Waals surface area contributed by atoms with Crippen LogP contribution in [0.2, 0.25) is 0 Å². The molecule has 0 atom stereocenters. The number of nitrogens with zero attached hydrogens (tertiary/aromatic N) is 4. The normalized spacial score (nSPS) is 12.8. The maximum atomic E-state index is 5.09. The van der Waals surface area contributed by atoms with E-state index in [9.17, 15) is 0 Å². The van der Waals surface area contributed by atoms with Crippen molar-refractivity contribution in [2.24, 2.45) is 0 Å². The van der Waals surface area contributed by atoms with Crippen LogP contribution in [-0.4, -0.2) is 19.9 Å². The van der Waals surface area contributed by atoms with Gasteiger partial charge in [0.05, 0.1) is 0 Å². The fraction of sp³-hybridized carbons (Fsp3) is 0.418.